The van der Waals surface area contributed by atoms with Crippen molar-refractivity contribution in [2.75, 3.05) is 11.1 Å². The summed E-state index contributed by atoms with van der Waals surface area (Å²) in [6.07, 6.45) is 0. The number of nitrogens with two attached hydrogens (primary N) is 1. The third-order valence-corrected chi connectivity index (χ3v) is 4.18. The van der Waals surface area contributed by atoms with Crippen LogP contribution in [0.2, 0.25) is 10.0 Å². The fraction of sp³-hybridized carbons (Fsp3) is 0.200. The number of benzene rings is 2. The molecule has 98 valence electrons. The summed E-state index contributed by atoms with van der Waals surface area (Å²) in [6, 6.07) is 9.56. The van der Waals surface area contributed by atoms with Crippen LogP contribution in [0.4, 0.5) is 17.1 Å². The molecule has 2 aromatic carbocycles. The van der Waals surface area contributed by atoms with Gasteiger partial charge < -0.3 is 11.1 Å². The van der Waals surface area contributed by atoms with E-state index in [-0.39, 0.29) is 5.41 Å². The van der Waals surface area contributed by atoms with Gasteiger partial charge in [0.2, 0.25) is 0 Å². The molecule has 2 aromatic rings. The van der Waals surface area contributed by atoms with Crippen LogP contribution in [0.15, 0.2) is 30.3 Å². The van der Waals surface area contributed by atoms with Gasteiger partial charge in [0.1, 0.15) is 0 Å². The Hall–Kier alpha value is -1.38. The van der Waals surface area contributed by atoms with Crippen molar-refractivity contribution >= 4 is 40.3 Å². The van der Waals surface area contributed by atoms with E-state index in [1.54, 1.807) is 6.07 Å². The smallest absolute Gasteiger partial charge is 0.0482 e. The molecule has 4 heteroatoms. The third-order valence-electron chi connectivity index (χ3n) is 3.67. The van der Waals surface area contributed by atoms with Crippen LogP contribution in [0.1, 0.15) is 25.0 Å². The first-order valence-electron chi connectivity index (χ1n) is 6.06. The first-order valence-corrected chi connectivity index (χ1v) is 6.82. The second kappa shape index (κ2) is 4.06. The van der Waals surface area contributed by atoms with Crippen molar-refractivity contribution in [2.24, 2.45) is 0 Å². The molecule has 0 atom stereocenters. The predicted octanol–water partition coefficient (Wildman–Crippen LogP) is 4.96. The molecule has 1 aliphatic heterocycles. The van der Waals surface area contributed by atoms with Gasteiger partial charge in [0.25, 0.3) is 0 Å². The van der Waals surface area contributed by atoms with Gasteiger partial charge in [-0.2, -0.15) is 0 Å². The second-order valence-corrected chi connectivity index (χ2v) is 6.21. The van der Waals surface area contributed by atoms with Crippen molar-refractivity contribution in [2.45, 2.75) is 19.3 Å². The number of fused-ring (bicyclic) bond motifs is 2. The van der Waals surface area contributed by atoms with Crippen molar-refractivity contribution in [3.05, 3.63) is 51.5 Å². The van der Waals surface area contributed by atoms with Crippen LogP contribution in [-0.4, -0.2) is 0 Å². The van der Waals surface area contributed by atoms with Gasteiger partial charge >= 0.3 is 0 Å². The maximum atomic E-state index is 6.38. The molecule has 19 heavy (non-hydrogen) atoms. The minimum atomic E-state index is -0.215. The molecule has 0 saturated carbocycles. The lowest BCUT2D eigenvalue weighted by atomic mass is 9.74. The molecule has 0 aromatic heterocycles. The lowest BCUT2D eigenvalue weighted by Crippen LogP contribution is -2.26. The summed E-state index contributed by atoms with van der Waals surface area (Å²) >= 11 is 12.5. The third kappa shape index (κ3) is 1.87. The summed E-state index contributed by atoms with van der Waals surface area (Å²) in [5.41, 5.74) is 10.6. The molecule has 3 rings (SSSR count). The molecule has 2 nitrogen and oxygen atoms in total. The van der Waals surface area contributed by atoms with E-state index in [1.165, 1.54) is 0 Å². The minimum Gasteiger partial charge on any atom is -0.399 e. The van der Waals surface area contributed by atoms with E-state index in [0.717, 1.165) is 28.2 Å². The van der Waals surface area contributed by atoms with Gasteiger partial charge in [-0.1, -0.05) is 37.0 Å². The monoisotopic (exact) mass is 292 g/mol. The highest BCUT2D eigenvalue weighted by atomic mass is 35.5. The Morgan fingerprint density at radius 2 is 1.79 bits per heavy atom. The van der Waals surface area contributed by atoms with Crippen LogP contribution in [0, 0.1) is 0 Å². The van der Waals surface area contributed by atoms with Gasteiger partial charge in [0.15, 0.2) is 0 Å². The molecule has 0 bridgehead atoms. The molecule has 0 fully saturated rings. The van der Waals surface area contributed by atoms with Gasteiger partial charge in [-0.15, -0.1) is 0 Å². The van der Waals surface area contributed by atoms with Crippen LogP contribution >= 0.6 is 23.2 Å². The molecule has 1 heterocycles. The van der Waals surface area contributed by atoms with Crippen molar-refractivity contribution in [1.82, 2.24) is 0 Å². The van der Waals surface area contributed by atoms with E-state index in [4.69, 9.17) is 28.9 Å². The summed E-state index contributed by atoms with van der Waals surface area (Å²) in [6.45, 7) is 4.29. The molecular weight excluding hydrogens is 279 g/mol. The maximum Gasteiger partial charge on any atom is 0.0482 e. The number of anilines is 3. The van der Waals surface area contributed by atoms with Gasteiger partial charge in [-0.05, 0) is 35.9 Å². The summed E-state index contributed by atoms with van der Waals surface area (Å²) in [5.74, 6) is 0. The molecule has 0 aliphatic carbocycles. The van der Waals surface area contributed by atoms with Gasteiger partial charge in [-0.3, -0.25) is 0 Å². The predicted molar refractivity (Wildman–Crippen MR) is 82.7 cm³/mol. The van der Waals surface area contributed by atoms with Crippen molar-refractivity contribution in [3.8, 4) is 0 Å². The van der Waals surface area contributed by atoms with E-state index in [9.17, 15) is 0 Å². The molecule has 0 spiro atoms. The summed E-state index contributed by atoms with van der Waals surface area (Å²) in [5, 5.41) is 4.69. The van der Waals surface area contributed by atoms with Crippen LogP contribution in [0.25, 0.3) is 0 Å². The van der Waals surface area contributed by atoms with Gasteiger partial charge in [0.05, 0.1) is 0 Å². The fourth-order valence-corrected chi connectivity index (χ4v) is 3.50. The molecule has 3 N–H and O–H groups in total. The summed E-state index contributed by atoms with van der Waals surface area (Å²) in [4.78, 5) is 0. The Morgan fingerprint density at radius 1 is 1.05 bits per heavy atom. The van der Waals surface area contributed by atoms with Crippen molar-refractivity contribution in [1.29, 1.82) is 0 Å². The fourth-order valence-electron chi connectivity index (χ4n) is 2.78. The van der Waals surface area contributed by atoms with Crippen molar-refractivity contribution < 1.29 is 0 Å². The number of hydrogen-bond donors (Lipinski definition) is 2. The zero-order chi connectivity index (χ0) is 13.8. The van der Waals surface area contributed by atoms with E-state index in [1.807, 2.05) is 24.3 Å². The quantitative estimate of drug-likeness (QED) is 0.674. The van der Waals surface area contributed by atoms with Gasteiger partial charge in [-0.25, -0.2) is 0 Å². The lowest BCUT2D eigenvalue weighted by Gasteiger charge is -2.36. The zero-order valence-electron chi connectivity index (χ0n) is 10.7. The van der Waals surface area contributed by atoms with E-state index in [0.29, 0.717) is 10.0 Å². The highest BCUT2D eigenvalue weighted by molar-refractivity contribution is 6.36. The number of nitrogen functional groups attached to an aromatic ring is 1. The van der Waals surface area contributed by atoms with E-state index in [2.05, 4.69) is 19.2 Å². The largest absolute Gasteiger partial charge is 0.399 e. The minimum absolute atomic E-state index is 0.215. The number of rotatable bonds is 0. The molecule has 1 aliphatic rings. The SMILES string of the molecule is CC1(C)c2cc(N)ccc2Nc2cc(Cl)cc(Cl)c21. The van der Waals surface area contributed by atoms with E-state index >= 15 is 0 Å². The standard InChI is InChI=1S/C15H14Cl2N2/c1-15(2)10-7-9(18)3-4-12(10)19-13-6-8(16)5-11(17)14(13)15/h3-7,19H,18H2,1-2H3. The topological polar surface area (TPSA) is 38.0 Å². The molecule has 0 saturated heterocycles. The van der Waals surface area contributed by atoms with Crippen LogP contribution in [0.3, 0.4) is 0 Å². The van der Waals surface area contributed by atoms with Crippen LogP contribution in [0.5, 0.6) is 0 Å². The van der Waals surface area contributed by atoms with Crippen LogP contribution in [-0.2, 0) is 5.41 Å². The summed E-state index contributed by atoms with van der Waals surface area (Å²) in [7, 11) is 0. The summed E-state index contributed by atoms with van der Waals surface area (Å²) < 4.78 is 0. The Kier molecular flexibility index (Phi) is 2.70. The molecule has 0 unspecified atom stereocenters. The second-order valence-electron chi connectivity index (χ2n) is 5.37. The van der Waals surface area contributed by atoms with Crippen LogP contribution < -0.4 is 11.1 Å². The number of halogens is 2. The number of nitrogens with one attached hydrogen (secondary N) is 1. The first-order chi connectivity index (χ1) is 8.89. The van der Waals surface area contributed by atoms with Gasteiger partial charge in [0, 0.05) is 38.1 Å². The highest BCUT2D eigenvalue weighted by Crippen LogP contribution is 2.49. The molecule has 0 amide bonds. The lowest BCUT2D eigenvalue weighted by molar-refractivity contribution is 0.639. The Balaban J connectivity index is 2.31. The first kappa shape index (κ1) is 12.6. The Bertz CT molecular complexity index is 678. The average molecular weight is 293 g/mol. The average Bonchev–Trinajstić information content (AvgIpc) is 2.29. The molecule has 0 radical (unpaired) electrons. The number of hydrogen-bond acceptors (Lipinski definition) is 2. The highest BCUT2D eigenvalue weighted by Gasteiger charge is 2.34. The normalized spacial score (nSPS) is 15.4. The Labute approximate surface area is 122 Å². The van der Waals surface area contributed by atoms with Crippen molar-refractivity contribution in [3.63, 3.8) is 0 Å². The maximum absolute atomic E-state index is 6.38. The van der Waals surface area contributed by atoms with E-state index < -0.39 is 0 Å². The Morgan fingerprint density at radius 3 is 2.53 bits per heavy atom. The molecular formula is C15H14Cl2N2. The zero-order valence-corrected chi connectivity index (χ0v) is 12.2.